The van der Waals surface area contributed by atoms with Crippen molar-refractivity contribution in [1.29, 1.82) is 0 Å². The zero-order valence-electron chi connectivity index (χ0n) is 12.5. The van der Waals surface area contributed by atoms with Crippen molar-refractivity contribution in [3.63, 3.8) is 0 Å². The molecule has 130 valence electrons. The SMILES string of the molecule is O=C(O)C(F)=Cc1ccccc1NC(=O)c1cccc(C(F)(F)F)c1. The lowest BCUT2D eigenvalue weighted by atomic mass is 10.1. The lowest BCUT2D eigenvalue weighted by Gasteiger charge is -2.11. The van der Waals surface area contributed by atoms with Crippen molar-refractivity contribution in [3.8, 4) is 0 Å². The maximum Gasteiger partial charge on any atom is 0.416 e. The first kappa shape index (κ1) is 18.2. The standard InChI is InChI=1S/C17H11F4NO3/c18-13(16(24)25)9-10-4-1-2-7-14(10)22-15(23)11-5-3-6-12(8-11)17(19,20)21/h1-9H,(H,22,23)(H,24,25). The molecule has 0 aliphatic rings. The van der Waals surface area contributed by atoms with Crippen LogP contribution in [0.25, 0.3) is 6.08 Å². The fourth-order valence-electron chi connectivity index (χ4n) is 1.97. The van der Waals surface area contributed by atoms with Gasteiger partial charge in [-0.05, 0) is 30.3 Å². The Morgan fingerprint density at radius 3 is 2.36 bits per heavy atom. The second-order valence-electron chi connectivity index (χ2n) is 4.92. The molecule has 0 fully saturated rings. The first-order valence-electron chi connectivity index (χ1n) is 6.86. The van der Waals surface area contributed by atoms with Gasteiger partial charge in [-0.2, -0.15) is 17.6 Å². The molecule has 2 aromatic carbocycles. The van der Waals surface area contributed by atoms with E-state index < -0.39 is 29.4 Å². The summed E-state index contributed by atoms with van der Waals surface area (Å²) >= 11 is 0. The summed E-state index contributed by atoms with van der Waals surface area (Å²) < 4.78 is 51.4. The number of hydrogen-bond donors (Lipinski definition) is 2. The van der Waals surface area contributed by atoms with E-state index in [0.29, 0.717) is 12.1 Å². The second-order valence-corrected chi connectivity index (χ2v) is 4.92. The number of carboxylic acid groups (broad SMARTS) is 1. The predicted molar refractivity (Wildman–Crippen MR) is 82.6 cm³/mol. The highest BCUT2D eigenvalue weighted by atomic mass is 19.4. The Morgan fingerprint density at radius 1 is 1.04 bits per heavy atom. The number of halogens is 4. The van der Waals surface area contributed by atoms with Gasteiger partial charge in [0.15, 0.2) is 0 Å². The van der Waals surface area contributed by atoms with Crippen LogP contribution >= 0.6 is 0 Å². The van der Waals surface area contributed by atoms with Crippen molar-refractivity contribution in [2.75, 3.05) is 5.32 Å². The molecule has 0 heterocycles. The van der Waals surface area contributed by atoms with E-state index in [1.54, 1.807) is 0 Å². The largest absolute Gasteiger partial charge is 0.476 e. The highest BCUT2D eigenvalue weighted by molar-refractivity contribution is 6.05. The Labute approximate surface area is 139 Å². The van der Waals surface area contributed by atoms with Crippen LogP contribution in [0.2, 0.25) is 0 Å². The monoisotopic (exact) mass is 353 g/mol. The minimum Gasteiger partial charge on any atom is -0.476 e. The number of hydrogen-bond acceptors (Lipinski definition) is 2. The molecule has 0 atom stereocenters. The molecule has 0 spiro atoms. The van der Waals surface area contributed by atoms with Crippen LogP contribution in [-0.4, -0.2) is 17.0 Å². The third-order valence-electron chi connectivity index (χ3n) is 3.15. The average molecular weight is 353 g/mol. The summed E-state index contributed by atoms with van der Waals surface area (Å²) in [5, 5.41) is 10.9. The van der Waals surface area contributed by atoms with Crippen LogP contribution in [0.1, 0.15) is 21.5 Å². The van der Waals surface area contributed by atoms with Crippen molar-refractivity contribution in [3.05, 3.63) is 71.0 Å². The molecule has 0 bridgehead atoms. The molecule has 1 amide bonds. The Hall–Kier alpha value is -3.16. The molecule has 0 aliphatic carbocycles. The molecule has 0 aliphatic heterocycles. The molecule has 8 heteroatoms. The molecule has 4 nitrogen and oxygen atoms in total. The molecule has 2 rings (SSSR count). The van der Waals surface area contributed by atoms with Crippen molar-refractivity contribution < 1.29 is 32.3 Å². The van der Waals surface area contributed by atoms with Gasteiger partial charge in [0.2, 0.25) is 5.83 Å². The summed E-state index contributed by atoms with van der Waals surface area (Å²) in [6.07, 6.45) is -3.90. The number of amides is 1. The Balaban J connectivity index is 2.31. The molecule has 2 N–H and O–H groups in total. The van der Waals surface area contributed by atoms with Gasteiger partial charge >= 0.3 is 12.1 Å². The number of para-hydroxylation sites is 1. The van der Waals surface area contributed by atoms with Crippen LogP contribution in [0.5, 0.6) is 0 Å². The molecule has 0 saturated heterocycles. The molecule has 0 saturated carbocycles. The Kier molecular flexibility index (Phi) is 5.21. The lowest BCUT2D eigenvalue weighted by Crippen LogP contribution is -2.14. The molecule has 2 aromatic rings. The minimum atomic E-state index is -4.60. The van der Waals surface area contributed by atoms with E-state index in [1.807, 2.05) is 0 Å². The van der Waals surface area contributed by atoms with Gasteiger partial charge in [-0.3, -0.25) is 4.79 Å². The van der Waals surface area contributed by atoms with E-state index in [9.17, 15) is 27.2 Å². The number of carbonyl (C=O) groups excluding carboxylic acids is 1. The van der Waals surface area contributed by atoms with E-state index in [0.717, 1.165) is 12.1 Å². The van der Waals surface area contributed by atoms with Gasteiger partial charge in [-0.1, -0.05) is 24.3 Å². The van der Waals surface area contributed by atoms with Crippen molar-refractivity contribution in [1.82, 2.24) is 0 Å². The van der Waals surface area contributed by atoms with Crippen LogP contribution in [0.4, 0.5) is 23.2 Å². The molecular weight excluding hydrogens is 342 g/mol. The fourth-order valence-corrected chi connectivity index (χ4v) is 1.97. The summed E-state index contributed by atoms with van der Waals surface area (Å²) in [6, 6.07) is 9.51. The van der Waals surface area contributed by atoms with Crippen LogP contribution in [0, 0.1) is 0 Å². The number of carboxylic acids is 1. The highest BCUT2D eigenvalue weighted by Gasteiger charge is 2.30. The van der Waals surface area contributed by atoms with Crippen LogP contribution in [0.15, 0.2) is 54.4 Å². The third-order valence-corrected chi connectivity index (χ3v) is 3.15. The van der Waals surface area contributed by atoms with Crippen LogP contribution in [-0.2, 0) is 11.0 Å². The molecule has 0 radical (unpaired) electrons. The van der Waals surface area contributed by atoms with Gasteiger partial charge in [-0.15, -0.1) is 0 Å². The van der Waals surface area contributed by atoms with Gasteiger partial charge in [0.05, 0.1) is 5.56 Å². The average Bonchev–Trinajstić information content (AvgIpc) is 2.55. The van der Waals surface area contributed by atoms with Crippen LogP contribution in [0.3, 0.4) is 0 Å². The summed E-state index contributed by atoms with van der Waals surface area (Å²) in [4.78, 5) is 22.7. The smallest absolute Gasteiger partial charge is 0.416 e. The number of carbonyl (C=O) groups is 2. The first-order chi connectivity index (χ1) is 11.7. The van der Waals surface area contributed by atoms with Gasteiger partial charge in [0.1, 0.15) is 0 Å². The van der Waals surface area contributed by atoms with Crippen LogP contribution < -0.4 is 5.32 Å². The minimum absolute atomic E-state index is 0.0568. The zero-order valence-corrected chi connectivity index (χ0v) is 12.5. The van der Waals surface area contributed by atoms with E-state index in [4.69, 9.17) is 5.11 Å². The number of aliphatic carboxylic acids is 1. The fraction of sp³-hybridized carbons (Fsp3) is 0.0588. The Bertz CT molecular complexity index is 844. The maximum atomic E-state index is 13.3. The van der Waals surface area contributed by atoms with Crippen molar-refractivity contribution >= 4 is 23.6 Å². The quantitative estimate of drug-likeness (QED) is 0.634. The number of alkyl halides is 3. The number of anilines is 1. The second kappa shape index (κ2) is 7.16. The summed E-state index contributed by atoms with van der Waals surface area (Å²) in [5.74, 6) is -4.07. The number of rotatable bonds is 4. The lowest BCUT2D eigenvalue weighted by molar-refractivity contribution is -0.137. The molecule has 0 unspecified atom stereocenters. The summed E-state index contributed by atoms with van der Waals surface area (Å²) in [5.41, 5.74) is -1.11. The number of benzene rings is 2. The van der Waals surface area contributed by atoms with E-state index >= 15 is 0 Å². The number of nitrogens with one attached hydrogen (secondary N) is 1. The van der Waals surface area contributed by atoms with E-state index in [1.165, 1.54) is 30.3 Å². The zero-order chi connectivity index (χ0) is 18.6. The van der Waals surface area contributed by atoms with Crippen molar-refractivity contribution in [2.45, 2.75) is 6.18 Å². The predicted octanol–water partition coefficient (Wildman–Crippen LogP) is 4.35. The molecular formula is C17H11F4NO3. The van der Waals surface area contributed by atoms with Gasteiger partial charge in [0, 0.05) is 16.8 Å². The van der Waals surface area contributed by atoms with Crippen molar-refractivity contribution in [2.24, 2.45) is 0 Å². The normalized spacial score (nSPS) is 11.9. The molecule has 0 aromatic heterocycles. The van der Waals surface area contributed by atoms with Gasteiger partial charge in [0.25, 0.3) is 5.91 Å². The third kappa shape index (κ3) is 4.66. The summed E-state index contributed by atoms with van der Waals surface area (Å²) in [6.45, 7) is 0. The van der Waals surface area contributed by atoms with Gasteiger partial charge in [-0.25, -0.2) is 4.79 Å². The maximum absolute atomic E-state index is 13.3. The molecule has 25 heavy (non-hydrogen) atoms. The Morgan fingerprint density at radius 2 is 1.72 bits per heavy atom. The summed E-state index contributed by atoms with van der Waals surface area (Å²) in [7, 11) is 0. The first-order valence-corrected chi connectivity index (χ1v) is 6.86. The van der Waals surface area contributed by atoms with E-state index in [2.05, 4.69) is 5.32 Å². The van der Waals surface area contributed by atoms with E-state index in [-0.39, 0.29) is 16.8 Å². The highest BCUT2D eigenvalue weighted by Crippen LogP contribution is 2.30. The topological polar surface area (TPSA) is 66.4 Å². The van der Waals surface area contributed by atoms with Gasteiger partial charge < -0.3 is 10.4 Å².